The minimum absolute atomic E-state index is 0.698. The summed E-state index contributed by atoms with van der Waals surface area (Å²) in [4.78, 5) is 9.33. The van der Waals surface area contributed by atoms with E-state index >= 15 is 0 Å². The second-order valence-electron chi connectivity index (χ2n) is 6.06. The Hall–Kier alpha value is -2.21. The molecule has 0 aliphatic rings. The second kappa shape index (κ2) is 8.94. The molecule has 0 unspecified atom stereocenters. The first-order valence-corrected chi connectivity index (χ1v) is 9.94. The lowest BCUT2D eigenvalue weighted by molar-refractivity contribution is 0.355. The minimum atomic E-state index is 0.698. The molecule has 6 heteroatoms. The number of ether oxygens (including phenoxy) is 2. The third-order valence-corrected chi connectivity index (χ3v) is 5.30. The van der Waals surface area contributed by atoms with Crippen LogP contribution in [0.5, 0.6) is 11.5 Å². The van der Waals surface area contributed by atoms with Crippen LogP contribution in [-0.2, 0) is 0 Å². The van der Waals surface area contributed by atoms with Crippen molar-refractivity contribution in [3.05, 3.63) is 36.7 Å². The van der Waals surface area contributed by atoms with E-state index in [4.69, 9.17) is 14.5 Å². The highest BCUT2D eigenvalue weighted by molar-refractivity contribution is 7.99. The quantitative estimate of drug-likeness (QED) is 0.298. The molecule has 2 aromatic heterocycles. The lowest BCUT2D eigenvalue weighted by Gasteiger charge is -2.11. The molecule has 0 aliphatic heterocycles. The largest absolute Gasteiger partial charge is 0.493 e. The topological polar surface area (TPSA) is 48.7 Å². The SMILES string of the molecule is CCCCCCSc1nc(-c2ccc(OC)c(OC)c2)cc2nccn12. The zero-order chi connectivity index (χ0) is 18.4. The predicted octanol–water partition coefficient (Wildman–Crippen LogP) is 5.09. The number of hydrogen-bond acceptors (Lipinski definition) is 5. The number of rotatable bonds is 9. The van der Waals surface area contributed by atoms with Gasteiger partial charge in [0.25, 0.3) is 0 Å². The molecule has 0 N–H and O–H groups in total. The summed E-state index contributed by atoms with van der Waals surface area (Å²) >= 11 is 1.79. The Labute approximate surface area is 158 Å². The van der Waals surface area contributed by atoms with E-state index in [1.165, 1.54) is 25.7 Å². The molecule has 0 fully saturated rings. The molecule has 0 amide bonds. The molecule has 26 heavy (non-hydrogen) atoms. The Morgan fingerprint density at radius 3 is 2.65 bits per heavy atom. The van der Waals surface area contributed by atoms with Crippen molar-refractivity contribution in [2.24, 2.45) is 0 Å². The van der Waals surface area contributed by atoms with Crippen LogP contribution in [0.25, 0.3) is 16.9 Å². The van der Waals surface area contributed by atoms with E-state index in [2.05, 4.69) is 16.3 Å². The van der Waals surface area contributed by atoms with Gasteiger partial charge in [0.1, 0.15) is 5.65 Å². The first-order valence-electron chi connectivity index (χ1n) is 8.96. The molecule has 0 saturated heterocycles. The molecular formula is C20H25N3O2S. The number of benzene rings is 1. The molecule has 3 rings (SSSR count). The number of thioether (sulfide) groups is 1. The van der Waals surface area contributed by atoms with Crippen molar-refractivity contribution >= 4 is 17.4 Å². The molecule has 0 bridgehead atoms. The normalized spacial score (nSPS) is 11.0. The number of unbranched alkanes of at least 4 members (excludes halogenated alkanes) is 3. The third-order valence-electron chi connectivity index (χ3n) is 4.27. The third kappa shape index (κ3) is 4.12. The van der Waals surface area contributed by atoms with Crippen LogP contribution in [0.1, 0.15) is 32.6 Å². The molecular weight excluding hydrogens is 346 g/mol. The van der Waals surface area contributed by atoms with Gasteiger partial charge in [0.05, 0.1) is 19.9 Å². The van der Waals surface area contributed by atoms with E-state index in [-0.39, 0.29) is 0 Å². The molecule has 1 aromatic carbocycles. The molecule has 0 spiro atoms. The van der Waals surface area contributed by atoms with Gasteiger partial charge in [0.2, 0.25) is 0 Å². The number of imidazole rings is 1. The van der Waals surface area contributed by atoms with Gasteiger partial charge in [-0.1, -0.05) is 37.9 Å². The van der Waals surface area contributed by atoms with Gasteiger partial charge in [-0.2, -0.15) is 0 Å². The zero-order valence-electron chi connectivity index (χ0n) is 15.6. The molecule has 2 heterocycles. The average molecular weight is 372 g/mol. The van der Waals surface area contributed by atoms with Crippen LogP contribution < -0.4 is 9.47 Å². The maximum Gasteiger partial charge on any atom is 0.174 e. The Balaban J connectivity index is 1.89. The Bertz CT molecular complexity index is 863. The molecule has 138 valence electrons. The fourth-order valence-corrected chi connectivity index (χ4v) is 3.82. The average Bonchev–Trinajstić information content (AvgIpc) is 3.16. The number of nitrogens with zero attached hydrogens (tertiary/aromatic N) is 3. The van der Waals surface area contributed by atoms with Crippen molar-refractivity contribution in [1.82, 2.24) is 14.4 Å². The van der Waals surface area contributed by atoms with E-state index in [0.29, 0.717) is 11.5 Å². The Kier molecular flexibility index (Phi) is 6.39. The number of aromatic nitrogens is 3. The fourth-order valence-electron chi connectivity index (χ4n) is 2.83. The van der Waals surface area contributed by atoms with Crippen molar-refractivity contribution in [3.63, 3.8) is 0 Å². The van der Waals surface area contributed by atoms with Gasteiger partial charge >= 0.3 is 0 Å². The van der Waals surface area contributed by atoms with E-state index < -0.39 is 0 Å². The zero-order valence-corrected chi connectivity index (χ0v) is 16.4. The van der Waals surface area contributed by atoms with E-state index in [1.807, 2.05) is 36.7 Å². The summed E-state index contributed by atoms with van der Waals surface area (Å²) in [6.45, 7) is 2.23. The van der Waals surface area contributed by atoms with Crippen LogP contribution in [0.3, 0.4) is 0 Å². The predicted molar refractivity (Wildman–Crippen MR) is 106 cm³/mol. The van der Waals surface area contributed by atoms with Crippen LogP contribution in [0.4, 0.5) is 0 Å². The molecule has 3 aromatic rings. The van der Waals surface area contributed by atoms with Crippen molar-refractivity contribution in [2.75, 3.05) is 20.0 Å². The summed E-state index contributed by atoms with van der Waals surface area (Å²) in [5.74, 6) is 2.47. The summed E-state index contributed by atoms with van der Waals surface area (Å²) in [6.07, 6.45) is 8.80. The van der Waals surface area contributed by atoms with E-state index in [1.54, 1.807) is 26.0 Å². The Morgan fingerprint density at radius 2 is 1.88 bits per heavy atom. The second-order valence-corrected chi connectivity index (χ2v) is 7.12. The highest BCUT2D eigenvalue weighted by Crippen LogP contribution is 2.33. The fraction of sp³-hybridized carbons (Fsp3) is 0.400. The summed E-state index contributed by atoms with van der Waals surface area (Å²) in [5.41, 5.74) is 2.78. The lowest BCUT2D eigenvalue weighted by atomic mass is 10.1. The van der Waals surface area contributed by atoms with Crippen LogP contribution in [0, 0.1) is 0 Å². The van der Waals surface area contributed by atoms with E-state index in [9.17, 15) is 0 Å². The monoisotopic (exact) mass is 371 g/mol. The summed E-state index contributed by atoms with van der Waals surface area (Å²) < 4.78 is 12.8. The van der Waals surface area contributed by atoms with Crippen molar-refractivity contribution in [1.29, 1.82) is 0 Å². The van der Waals surface area contributed by atoms with Crippen LogP contribution in [0.2, 0.25) is 0 Å². The molecule has 0 saturated carbocycles. The van der Waals surface area contributed by atoms with Crippen molar-refractivity contribution in [3.8, 4) is 22.8 Å². The number of hydrogen-bond donors (Lipinski definition) is 0. The van der Waals surface area contributed by atoms with Crippen LogP contribution in [-0.4, -0.2) is 34.3 Å². The van der Waals surface area contributed by atoms with Crippen molar-refractivity contribution in [2.45, 2.75) is 37.8 Å². The highest BCUT2D eigenvalue weighted by atomic mass is 32.2. The van der Waals surface area contributed by atoms with Gasteiger partial charge in [0, 0.05) is 29.8 Å². The van der Waals surface area contributed by atoms with Gasteiger partial charge in [0.15, 0.2) is 16.7 Å². The number of methoxy groups -OCH3 is 2. The summed E-state index contributed by atoms with van der Waals surface area (Å²) in [5, 5.41) is 0.973. The van der Waals surface area contributed by atoms with Gasteiger partial charge in [-0.25, -0.2) is 9.97 Å². The first kappa shape index (κ1) is 18.6. The van der Waals surface area contributed by atoms with Crippen LogP contribution >= 0.6 is 11.8 Å². The molecule has 5 nitrogen and oxygen atoms in total. The maximum absolute atomic E-state index is 5.42. The summed E-state index contributed by atoms with van der Waals surface area (Å²) in [7, 11) is 3.28. The first-order chi connectivity index (χ1) is 12.8. The maximum atomic E-state index is 5.42. The Morgan fingerprint density at radius 1 is 1.04 bits per heavy atom. The standard InChI is InChI=1S/C20H25N3O2S/c1-4-5-6-7-12-26-20-22-16(14-19-21-10-11-23(19)20)15-8-9-17(24-2)18(13-15)25-3/h8-11,13-14H,4-7,12H2,1-3H3. The molecule has 0 radical (unpaired) electrons. The lowest BCUT2D eigenvalue weighted by Crippen LogP contribution is -1.98. The van der Waals surface area contributed by atoms with Gasteiger partial charge in [-0.15, -0.1) is 0 Å². The van der Waals surface area contributed by atoms with Crippen LogP contribution in [0.15, 0.2) is 41.8 Å². The molecule has 0 atom stereocenters. The summed E-state index contributed by atoms with van der Waals surface area (Å²) in [6, 6.07) is 7.86. The van der Waals surface area contributed by atoms with Gasteiger partial charge in [-0.3, -0.25) is 4.40 Å². The van der Waals surface area contributed by atoms with E-state index in [0.717, 1.165) is 27.8 Å². The number of fused-ring (bicyclic) bond motifs is 1. The molecule has 0 aliphatic carbocycles. The minimum Gasteiger partial charge on any atom is -0.493 e. The van der Waals surface area contributed by atoms with Crippen molar-refractivity contribution < 1.29 is 9.47 Å². The van der Waals surface area contributed by atoms with Gasteiger partial charge in [-0.05, 0) is 24.6 Å². The smallest absolute Gasteiger partial charge is 0.174 e. The van der Waals surface area contributed by atoms with Gasteiger partial charge < -0.3 is 9.47 Å². The highest BCUT2D eigenvalue weighted by Gasteiger charge is 2.11.